The van der Waals surface area contributed by atoms with Gasteiger partial charge in [-0.2, -0.15) is 0 Å². The van der Waals surface area contributed by atoms with E-state index in [1.54, 1.807) is 19.2 Å². The first-order chi connectivity index (χ1) is 10.1. The third-order valence-electron chi connectivity index (χ3n) is 3.23. The molecule has 1 unspecified atom stereocenters. The Kier molecular flexibility index (Phi) is 5.58. The minimum Gasteiger partial charge on any atom is -0.496 e. The van der Waals surface area contributed by atoms with Gasteiger partial charge in [-0.25, -0.2) is 4.39 Å². The quantitative estimate of drug-likeness (QED) is 0.615. The molecule has 0 aromatic heterocycles. The summed E-state index contributed by atoms with van der Waals surface area (Å²) in [5.41, 5.74) is 4.29. The van der Waals surface area contributed by atoms with Crippen LogP contribution in [0.1, 0.15) is 17.2 Å². The summed E-state index contributed by atoms with van der Waals surface area (Å²) < 4.78 is 19.8. The van der Waals surface area contributed by atoms with E-state index in [4.69, 9.17) is 22.2 Å². The van der Waals surface area contributed by atoms with Crippen LogP contribution in [0.5, 0.6) is 5.75 Å². The van der Waals surface area contributed by atoms with Gasteiger partial charge in [0.05, 0.1) is 18.2 Å². The van der Waals surface area contributed by atoms with Gasteiger partial charge in [0.2, 0.25) is 0 Å². The van der Waals surface area contributed by atoms with Crippen molar-refractivity contribution in [3.8, 4) is 5.75 Å². The van der Waals surface area contributed by atoms with E-state index in [-0.39, 0.29) is 11.1 Å². The third-order valence-corrected chi connectivity index (χ3v) is 4.14. The molecule has 0 aliphatic heterocycles. The number of nitrogens with one attached hydrogen (secondary N) is 1. The van der Waals surface area contributed by atoms with Crippen LogP contribution in [-0.4, -0.2) is 7.11 Å². The predicted octanol–water partition coefficient (Wildman–Crippen LogP) is 4.00. The van der Waals surface area contributed by atoms with Gasteiger partial charge in [-0.3, -0.25) is 11.3 Å². The van der Waals surface area contributed by atoms with Crippen LogP contribution < -0.4 is 16.0 Å². The Labute approximate surface area is 136 Å². The third kappa shape index (κ3) is 3.74. The lowest BCUT2D eigenvalue weighted by molar-refractivity contribution is 0.398. The van der Waals surface area contributed by atoms with Crippen molar-refractivity contribution >= 4 is 27.5 Å². The van der Waals surface area contributed by atoms with Crippen molar-refractivity contribution < 1.29 is 9.13 Å². The summed E-state index contributed by atoms with van der Waals surface area (Å²) in [4.78, 5) is 0. The Morgan fingerprint density at radius 2 is 2.14 bits per heavy atom. The highest BCUT2D eigenvalue weighted by atomic mass is 79.9. The molecule has 1 atom stereocenters. The molecule has 6 heteroatoms. The van der Waals surface area contributed by atoms with Gasteiger partial charge < -0.3 is 4.74 Å². The van der Waals surface area contributed by atoms with Crippen LogP contribution >= 0.6 is 27.5 Å². The van der Waals surface area contributed by atoms with Crippen molar-refractivity contribution in [3.05, 3.63) is 62.8 Å². The summed E-state index contributed by atoms with van der Waals surface area (Å²) in [5, 5.41) is 0.119. The molecular weight excluding hydrogens is 359 g/mol. The Bertz CT molecular complexity index is 639. The Morgan fingerprint density at radius 1 is 1.38 bits per heavy atom. The molecule has 112 valence electrons. The summed E-state index contributed by atoms with van der Waals surface area (Å²) in [6.07, 6.45) is 0.449. The second kappa shape index (κ2) is 7.22. The van der Waals surface area contributed by atoms with E-state index < -0.39 is 5.82 Å². The van der Waals surface area contributed by atoms with Crippen molar-refractivity contribution in [2.45, 2.75) is 12.5 Å². The molecule has 0 bridgehead atoms. The zero-order valence-corrected chi connectivity index (χ0v) is 13.7. The van der Waals surface area contributed by atoms with Gasteiger partial charge in [-0.05, 0) is 30.2 Å². The van der Waals surface area contributed by atoms with Crippen molar-refractivity contribution in [1.82, 2.24) is 5.43 Å². The number of halogens is 3. The van der Waals surface area contributed by atoms with E-state index in [0.29, 0.717) is 17.7 Å². The van der Waals surface area contributed by atoms with Crippen molar-refractivity contribution in [3.63, 3.8) is 0 Å². The number of benzene rings is 2. The minimum absolute atomic E-state index is 0.119. The molecule has 0 radical (unpaired) electrons. The maximum absolute atomic E-state index is 13.5. The largest absolute Gasteiger partial charge is 0.496 e. The van der Waals surface area contributed by atoms with Gasteiger partial charge in [0.15, 0.2) is 0 Å². The summed E-state index contributed by atoms with van der Waals surface area (Å²) in [6, 6.07) is 10.1. The van der Waals surface area contributed by atoms with Gasteiger partial charge in [-0.1, -0.05) is 45.7 Å². The van der Waals surface area contributed by atoms with Gasteiger partial charge >= 0.3 is 0 Å². The second-order valence-corrected chi connectivity index (χ2v) is 5.82. The summed E-state index contributed by atoms with van der Waals surface area (Å²) in [7, 11) is 1.59. The van der Waals surface area contributed by atoms with Crippen LogP contribution in [-0.2, 0) is 6.42 Å². The molecule has 0 saturated heterocycles. The molecule has 21 heavy (non-hydrogen) atoms. The zero-order valence-electron chi connectivity index (χ0n) is 11.4. The Balaban J connectivity index is 2.34. The number of methoxy groups -OCH3 is 1. The molecule has 0 spiro atoms. The fourth-order valence-electron chi connectivity index (χ4n) is 2.16. The lowest BCUT2D eigenvalue weighted by Crippen LogP contribution is -2.30. The van der Waals surface area contributed by atoms with Crippen LogP contribution in [0.25, 0.3) is 0 Å². The van der Waals surface area contributed by atoms with Crippen LogP contribution in [0, 0.1) is 5.82 Å². The monoisotopic (exact) mass is 372 g/mol. The van der Waals surface area contributed by atoms with Crippen LogP contribution in [0.3, 0.4) is 0 Å². The average molecular weight is 374 g/mol. The Hall–Kier alpha value is -1.14. The first-order valence-corrected chi connectivity index (χ1v) is 7.46. The number of hydrogen-bond acceptors (Lipinski definition) is 3. The molecule has 0 aliphatic rings. The molecule has 2 aromatic rings. The van der Waals surface area contributed by atoms with E-state index in [1.165, 1.54) is 6.07 Å². The Morgan fingerprint density at radius 3 is 2.81 bits per heavy atom. The summed E-state index contributed by atoms with van der Waals surface area (Å²) in [6.45, 7) is 0. The molecule has 0 amide bonds. The number of rotatable bonds is 5. The molecule has 0 aliphatic carbocycles. The van der Waals surface area contributed by atoms with Gasteiger partial charge in [0.1, 0.15) is 11.6 Å². The molecule has 0 fully saturated rings. The van der Waals surface area contributed by atoms with E-state index in [9.17, 15) is 4.39 Å². The normalized spacial score (nSPS) is 12.2. The lowest BCUT2D eigenvalue weighted by atomic mass is 9.98. The maximum Gasteiger partial charge on any atom is 0.142 e. The highest BCUT2D eigenvalue weighted by Gasteiger charge is 2.18. The lowest BCUT2D eigenvalue weighted by Gasteiger charge is -2.20. The average Bonchev–Trinajstić information content (AvgIpc) is 2.49. The highest BCUT2D eigenvalue weighted by Crippen LogP contribution is 2.32. The zero-order chi connectivity index (χ0) is 15.4. The van der Waals surface area contributed by atoms with E-state index in [1.807, 2.05) is 18.2 Å². The summed E-state index contributed by atoms with van der Waals surface area (Å²) in [5.74, 6) is 5.91. The first-order valence-electron chi connectivity index (χ1n) is 6.29. The fraction of sp³-hybridized carbons (Fsp3) is 0.200. The highest BCUT2D eigenvalue weighted by molar-refractivity contribution is 9.10. The van der Waals surface area contributed by atoms with Crippen molar-refractivity contribution in [2.24, 2.45) is 5.84 Å². The number of ether oxygens (including phenoxy) is 1. The molecule has 0 heterocycles. The second-order valence-electron chi connectivity index (χ2n) is 4.52. The molecule has 3 N–H and O–H groups in total. The smallest absolute Gasteiger partial charge is 0.142 e. The number of nitrogens with two attached hydrogens (primary N) is 1. The van der Waals surface area contributed by atoms with Crippen LogP contribution in [0.2, 0.25) is 5.02 Å². The molecular formula is C15H15BrClFN2O. The minimum atomic E-state index is -0.437. The van der Waals surface area contributed by atoms with Crippen LogP contribution in [0.4, 0.5) is 4.39 Å². The molecule has 2 aromatic carbocycles. The summed E-state index contributed by atoms with van der Waals surface area (Å²) >= 11 is 9.39. The van der Waals surface area contributed by atoms with Gasteiger partial charge in [0.25, 0.3) is 0 Å². The SMILES string of the molecule is COc1cc(Br)ccc1C(Cc1cccc(F)c1Cl)NN. The fourth-order valence-corrected chi connectivity index (χ4v) is 2.70. The predicted molar refractivity (Wildman–Crippen MR) is 85.9 cm³/mol. The van der Waals surface area contributed by atoms with Crippen LogP contribution in [0.15, 0.2) is 40.9 Å². The standard InChI is InChI=1S/C15H15BrClFN2O/c1-21-14-8-10(16)5-6-11(14)13(20-19)7-9-3-2-4-12(18)15(9)17/h2-6,8,13,20H,7,19H2,1H3. The van der Waals surface area contributed by atoms with E-state index in [0.717, 1.165) is 10.0 Å². The topological polar surface area (TPSA) is 47.3 Å². The van der Waals surface area contributed by atoms with Crippen molar-refractivity contribution in [1.29, 1.82) is 0 Å². The van der Waals surface area contributed by atoms with Gasteiger partial charge in [0, 0.05) is 10.0 Å². The number of hydrazine groups is 1. The van der Waals surface area contributed by atoms with Gasteiger partial charge in [-0.15, -0.1) is 0 Å². The van der Waals surface area contributed by atoms with Crippen molar-refractivity contribution in [2.75, 3.05) is 7.11 Å². The number of hydrogen-bond donors (Lipinski definition) is 2. The maximum atomic E-state index is 13.5. The molecule has 2 rings (SSSR count). The van der Waals surface area contributed by atoms with E-state index in [2.05, 4.69) is 21.4 Å². The first kappa shape index (κ1) is 16.2. The molecule has 0 saturated carbocycles. The molecule has 3 nitrogen and oxygen atoms in total. The van der Waals surface area contributed by atoms with E-state index >= 15 is 0 Å².